The van der Waals surface area contributed by atoms with Crippen LogP contribution >= 0.6 is 0 Å². The summed E-state index contributed by atoms with van der Waals surface area (Å²) in [4.78, 5) is 12.8. The molecule has 0 fully saturated rings. The lowest BCUT2D eigenvalue weighted by Gasteiger charge is -2.26. The third kappa shape index (κ3) is 6.09. The van der Waals surface area contributed by atoms with Gasteiger partial charge in [0.05, 0.1) is 18.0 Å². The molecule has 0 saturated heterocycles. The molecule has 0 heterocycles. The van der Waals surface area contributed by atoms with Crippen LogP contribution in [0, 0.1) is 19.8 Å². The minimum Gasteiger partial charge on any atom is -0.348 e. The van der Waals surface area contributed by atoms with Gasteiger partial charge in [0.25, 0.3) is 0 Å². The molecule has 0 spiro atoms. The Balaban J connectivity index is 2.26. The number of hydrogen-bond donors (Lipinski definition) is 1. The fourth-order valence-electron chi connectivity index (χ4n) is 3.17. The predicted octanol–water partition coefficient (Wildman–Crippen LogP) is 3.97. The van der Waals surface area contributed by atoms with Crippen molar-refractivity contribution in [2.24, 2.45) is 5.92 Å². The summed E-state index contributed by atoms with van der Waals surface area (Å²) in [7, 11) is -3.60. The molecule has 1 atom stereocenters. The Hall–Kier alpha value is -2.34. The van der Waals surface area contributed by atoms with E-state index >= 15 is 0 Å². The quantitative estimate of drug-likeness (QED) is 0.726. The van der Waals surface area contributed by atoms with Crippen LogP contribution in [0.2, 0.25) is 0 Å². The van der Waals surface area contributed by atoms with Crippen LogP contribution in [0.15, 0.2) is 48.5 Å². The second kappa shape index (κ2) is 9.24. The number of sulfonamides is 1. The van der Waals surface area contributed by atoms with Gasteiger partial charge < -0.3 is 5.32 Å². The maximum Gasteiger partial charge on any atom is 0.241 e. The van der Waals surface area contributed by atoms with Gasteiger partial charge in [-0.15, -0.1) is 0 Å². The number of benzene rings is 2. The zero-order valence-corrected chi connectivity index (χ0v) is 18.1. The standard InChI is InChI=1S/C22H30N2O3S/c1-16(2)13-20(19-9-7-6-8-10-19)23-22(25)15-24(28(5,26)27)21-14-17(3)11-12-18(21)4/h6-12,14,16,20H,13,15H2,1-5H3,(H,23,25). The van der Waals surface area contributed by atoms with Crippen molar-refractivity contribution in [2.45, 2.75) is 40.2 Å². The lowest BCUT2D eigenvalue weighted by Crippen LogP contribution is -2.42. The first kappa shape index (κ1) is 22.0. The van der Waals surface area contributed by atoms with Crippen molar-refractivity contribution in [3.63, 3.8) is 0 Å². The maximum absolute atomic E-state index is 12.8. The number of anilines is 1. The zero-order chi connectivity index (χ0) is 20.9. The lowest BCUT2D eigenvalue weighted by atomic mass is 9.97. The van der Waals surface area contributed by atoms with E-state index in [-0.39, 0.29) is 18.5 Å². The predicted molar refractivity (Wildman–Crippen MR) is 115 cm³/mol. The smallest absolute Gasteiger partial charge is 0.241 e. The van der Waals surface area contributed by atoms with Gasteiger partial charge in [0.2, 0.25) is 15.9 Å². The van der Waals surface area contributed by atoms with Crippen LogP contribution in [0.4, 0.5) is 5.69 Å². The summed E-state index contributed by atoms with van der Waals surface area (Å²) >= 11 is 0. The van der Waals surface area contributed by atoms with E-state index in [0.717, 1.165) is 29.4 Å². The Bertz CT molecular complexity index is 909. The summed E-state index contributed by atoms with van der Waals surface area (Å²) in [5.74, 6) is 0.0661. The van der Waals surface area contributed by atoms with Gasteiger partial charge in [0.15, 0.2) is 0 Å². The highest BCUT2D eigenvalue weighted by atomic mass is 32.2. The van der Waals surface area contributed by atoms with E-state index in [0.29, 0.717) is 11.6 Å². The van der Waals surface area contributed by atoms with Gasteiger partial charge in [-0.25, -0.2) is 8.42 Å². The molecule has 152 valence electrons. The topological polar surface area (TPSA) is 66.5 Å². The lowest BCUT2D eigenvalue weighted by molar-refractivity contribution is -0.120. The van der Waals surface area contributed by atoms with Gasteiger partial charge in [-0.1, -0.05) is 56.3 Å². The van der Waals surface area contributed by atoms with Gasteiger partial charge in [-0.2, -0.15) is 0 Å². The van der Waals surface area contributed by atoms with Crippen molar-refractivity contribution in [2.75, 3.05) is 17.1 Å². The third-order valence-electron chi connectivity index (χ3n) is 4.57. The Morgan fingerprint density at radius 2 is 1.71 bits per heavy atom. The molecule has 0 aliphatic carbocycles. The monoisotopic (exact) mass is 402 g/mol. The summed E-state index contributed by atoms with van der Waals surface area (Å²) in [6, 6.07) is 15.2. The number of nitrogens with zero attached hydrogens (tertiary/aromatic N) is 1. The van der Waals surface area contributed by atoms with Gasteiger partial charge >= 0.3 is 0 Å². The Morgan fingerprint density at radius 3 is 2.29 bits per heavy atom. The third-order valence-corrected chi connectivity index (χ3v) is 5.69. The number of amides is 1. The minimum atomic E-state index is -3.60. The SMILES string of the molecule is Cc1ccc(C)c(N(CC(=O)NC(CC(C)C)c2ccccc2)S(C)(=O)=O)c1. The normalized spacial score (nSPS) is 12.6. The molecule has 0 aromatic heterocycles. The number of aryl methyl sites for hydroxylation is 2. The number of rotatable bonds is 8. The Kier molecular flexibility index (Phi) is 7.24. The van der Waals surface area contributed by atoms with Crippen LogP contribution in [0.25, 0.3) is 0 Å². The van der Waals surface area contributed by atoms with Crippen LogP contribution in [0.5, 0.6) is 0 Å². The molecule has 1 N–H and O–H groups in total. The molecule has 5 nitrogen and oxygen atoms in total. The molecular formula is C22H30N2O3S. The van der Waals surface area contributed by atoms with Crippen molar-refractivity contribution >= 4 is 21.6 Å². The van der Waals surface area contributed by atoms with Crippen molar-refractivity contribution in [3.8, 4) is 0 Å². The summed E-state index contributed by atoms with van der Waals surface area (Å²) < 4.78 is 26.0. The Labute approximate surface area is 168 Å². The van der Waals surface area contributed by atoms with Crippen LogP contribution < -0.4 is 9.62 Å². The molecule has 2 rings (SSSR count). The van der Waals surface area contributed by atoms with E-state index in [9.17, 15) is 13.2 Å². The van der Waals surface area contributed by atoms with E-state index in [4.69, 9.17) is 0 Å². The highest BCUT2D eigenvalue weighted by molar-refractivity contribution is 7.92. The second-order valence-corrected chi connectivity index (χ2v) is 9.63. The van der Waals surface area contributed by atoms with E-state index in [1.807, 2.05) is 56.3 Å². The fourth-order valence-corrected chi connectivity index (χ4v) is 4.08. The summed E-state index contributed by atoms with van der Waals surface area (Å²) in [5, 5.41) is 3.03. The summed E-state index contributed by atoms with van der Waals surface area (Å²) in [5.41, 5.74) is 3.31. The van der Waals surface area contributed by atoms with Crippen LogP contribution in [0.1, 0.15) is 43.0 Å². The molecule has 0 bridgehead atoms. The molecule has 0 radical (unpaired) electrons. The van der Waals surface area contributed by atoms with Crippen LogP contribution in [0.3, 0.4) is 0 Å². The maximum atomic E-state index is 12.8. The Morgan fingerprint density at radius 1 is 1.07 bits per heavy atom. The largest absolute Gasteiger partial charge is 0.348 e. The van der Waals surface area contributed by atoms with Crippen molar-refractivity contribution in [1.82, 2.24) is 5.32 Å². The summed E-state index contributed by atoms with van der Waals surface area (Å²) in [6.07, 6.45) is 1.91. The van der Waals surface area contributed by atoms with Crippen LogP contribution in [-0.4, -0.2) is 27.1 Å². The number of nitrogens with one attached hydrogen (secondary N) is 1. The molecule has 2 aromatic carbocycles. The first-order valence-corrected chi connectivity index (χ1v) is 11.3. The number of carbonyl (C=O) groups is 1. The first-order chi connectivity index (χ1) is 13.1. The second-order valence-electron chi connectivity index (χ2n) is 7.72. The van der Waals surface area contributed by atoms with Crippen molar-refractivity contribution < 1.29 is 13.2 Å². The van der Waals surface area contributed by atoms with E-state index in [2.05, 4.69) is 19.2 Å². The molecule has 28 heavy (non-hydrogen) atoms. The fraction of sp³-hybridized carbons (Fsp3) is 0.409. The minimum absolute atomic E-state index is 0.159. The summed E-state index contributed by atoms with van der Waals surface area (Å²) in [6.45, 7) is 7.69. The molecule has 1 unspecified atom stereocenters. The highest BCUT2D eigenvalue weighted by Gasteiger charge is 2.24. The average molecular weight is 403 g/mol. The molecule has 0 aliphatic heterocycles. The van der Waals surface area contributed by atoms with Gasteiger partial charge in [-0.3, -0.25) is 9.10 Å². The molecule has 2 aromatic rings. The first-order valence-electron chi connectivity index (χ1n) is 9.47. The van der Waals surface area contributed by atoms with E-state index < -0.39 is 10.0 Å². The molecule has 0 aliphatic rings. The van der Waals surface area contributed by atoms with E-state index in [1.54, 1.807) is 6.07 Å². The van der Waals surface area contributed by atoms with Gasteiger partial charge in [0, 0.05) is 0 Å². The number of carbonyl (C=O) groups excluding carboxylic acids is 1. The molecule has 1 amide bonds. The van der Waals surface area contributed by atoms with E-state index in [1.165, 1.54) is 4.31 Å². The highest BCUT2D eigenvalue weighted by Crippen LogP contribution is 2.25. The average Bonchev–Trinajstić information content (AvgIpc) is 2.61. The zero-order valence-electron chi connectivity index (χ0n) is 17.3. The molecule has 0 saturated carbocycles. The molecular weight excluding hydrogens is 372 g/mol. The van der Waals surface area contributed by atoms with Crippen molar-refractivity contribution in [3.05, 3.63) is 65.2 Å². The van der Waals surface area contributed by atoms with Crippen molar-refractivity contribution in [1.29, 1.82) is 0 Å². The van der Waals surface area contributed by atoms with Gasteiger partial charge in [0.1, 0.15) is 6.54 Å². The number of hydrogen-bond acceptors (Lipinski definition) is 3. The van der Waals surface area contributed by atoms with Crippen LogP contribution in [-0.2, 0) is 14.8 Å². The van der Waals surface area contributed by atoms with Gasteiger partial charge in [-0.05, 0) is 48.9 Å². The molecule has 6 heteroatoms.